The van der Waals surface area contributed by atoms with Gasteiger partial charge in [-0.2, -0.15) is 0 Å². The summed E-state index contributed by atoms with van der Waals surface area (Å²) < 4.78 is 0. The van der Waals surface area contributed by atoms with Crippen LogP contribution in [0, 0.1) is 24.0 Å². The summed E-state index contributed by atoms with van der Waals surface area (Å²) in [7, 11) is 0. The Morgan fingerprint density at radius 1 is 1.42 bits per heavy atom. The number of hydrogen-bond acceptors (Lipinski definition) is 4. The summed E-state index contributed by atoms with van der Waals surface area (Å²) in [6.07, 6.45) is 5.93. The second kappa shape index (κ2) is 5.42. The zero-order valence-corrected chi connectivity index (χ0v) is 10.8. The fourth-order valence-electron chi connectivity index (χ4n) is 1.85. The first-order valence-corrected chi connectivity index (χ1v) is 5.85. The highest BCUT2D eigenvalue weighted by molar-refractivity contribution is 5.76. The van der Waals surface area contributed by atoms with Crippen molar-refractivity contribution in [1.29, 1.82) is 0 Å². The van der Waals surface area contributed by atoms with E-state index in [1.807, 2.05) is 6.08 Å². The summed E-state index contributed by atoms with van der Waals surface area (Å²) in [5.41, 5.74) is 2.79. The number of nitro benzene ring substituents is 1. The molecule has 0 fully saturated rings. The highest BCUT2D eigenvalue weighted by Gasteiger charge is 2.16. The molecule has 0 atom stereocenters. The number of allylic oxidation sites excluding steroid dienone is 2. The average Bonchev–Trinajstić information content (AvgIpc) is 2.38. The summed E-state index contributed by atoms with van der Waals surface area (Å²) >= 11 is 0. The Labute approximate surface area is 110 Å². The number of nitro groups is 1. The lowest BCUT2D eigenvalue weighted by Crippen LogP contribution is -1.95. The summed E-state index contributed by atoms with van der Waals surface area (Å²) in [4.78, 5) is 18.8. The van der Waals surface area contributed by atoms with Gasteiger partial charge in [0.1, 0.15) is 0 Å². The molecule has 0 unspecified atom stereocenters. The van der Waals surface area contributed by atoms with Gasteiger partial charge in [-0.05, 0) is 31.9 Å². The highest BCUT2D eigenvalue weighted by Crippen LogP contribution is 2.30. The zero-order valence-electron chi connectivity index (χ0n) is 10.8. The van der Waals surface area contributed by atoms with Crippen LogP contribution in [0.1, 0.15) is 17.5 Å². The van der Waals surface area contributed by atoms with E-state index < -0.39 is 0 Å². The van der Waals surface area contributed by atoms with Crippen molar-refractivity contribution in [3.63, 3.8) is 0 Å². The molecule has 0 amide bonds. The topological polar surface area (TPSA) is 67.9 Å². The maximum absolute atomic E-state index is 11.0. The van der Waals surface area contributed by atoms with E-state index in [2.05, 4.69) is 15.9 Å². The monoisotopic (exact) mass is 255 g/mol. The molecule has 5 nitrogen and oxygen atoms in total. The first kappa shape index (κ1) is 12.9. The number of aryl methyl sites for hydroxylation is 1. The second-order valence-electron chi connectivity index (χ2n) is 4.23. The molecule has 1 aromatic rings. The quantitative estimate of drug-likeness (QED) is 0.461. The molecule has 0 aliphatic carbocycles. The van der Waals surface area contributed by atoms with Crippen LogP contribution in [-0.4, -0.2) is 17.0 Å². The van der Waals surface area contributed by atoms with Gasteiger partial charge in [0, 0.05) is 30.0 Å². The molecule has 0 saturated heterocycles. The van der Waals surface area contributed by atoms with Gasteiger partial charge in [0.2, 0.25) is 0 Å². The Hall–Kier alpha value is -2.52. The van der Waals surface area contributed by atoms with E-state index in [0.717, 1.165) is 5.57 Å². The van der Waals surface area contributed by atoms with Crippen molar-refractivity contribution in [2.75, 3.05) is 0 Å². The van der Waals surface area contributed by atoms with Crippen LogP contribution in [0.4, 0.5) is 11.4 Å². The van der Waals surface area contributed by atoms with Crippen molar-refractivity contribution < 1.29 is 4.92 Å². The van der Waals surface area contributed by atoms with Crippen molar-refractivity contribution >= 4 is 23.5 Å². The van der Waals surface area contributed by atoms with Gasteiger partial charge in [-0.1, -0.05) is 6.07 Å². The Morgan fingerprint density at radius 2 is 2.21 bits per heavy atom. The van der Waals surface area contributed by atoms with Gasteiger partial charge in [-0.3, -0.25) is 15.1 Å². The molecule has 0 bridgehead atoms. The fraction of sp³-hybridized carbons (Fsp3) is 0.214. The van der Waals surface area contributed by atoms with Crippen LogP contribution in [0.3, 0.4) is 0 Å². The molecule has 0 saturated carbocycles. The van der Waals surface area contributed by atoms with Crippen LogP contribution in [-0.2, 0) is 0 Å². The van der Waals surface area contributed by atoms with Crippen LogP contribution in [0.5, 0.6) is 0 Å². The molecule has 5 heteroatoms. The lowest BCUT2D eigenvalue weighted by Gasteiger charge is -2.03. The largest absolute Gasteiger partial charge is 0.277 e. The molecule has 1 aromatic carbocycles. The molecule has 19 heavy (non-hydrogen) atoms. The maximum Gasteiger partial charge on any atom is 0.277 e. The molecule has 0 aromatic heterocycles. The summed E-state index contributed by atoms with van der Waals surface area (Å²) in [6, 6.07) is 3.47. The summed E-state index contributed by atoms with van der Waals surface area (Å²) in [5, 5.41) is 11.0. The van der Waals surface area contributed by atoms with E-state index in [9.17, 15) is 10.1 Å². The first-order valence-electron chi connectivity index (χ1n) is 5.85. The van der Waals surface area contributed by atoms with Crippen molar-refractivity contribution in [2.45, 2.75) is 20.3 Å². The Bertz CT molecular complexity index is 651. The number of rotatable bonds is 2. The van der Waals surface area contributed by atoms with Gasteiger partial charge in [-0.25, -0.2) is 4.99 Å². The number of benzene rings is 1. The predicted molar refractivity (Wildman–Crippen MR) is 75.4 cm³/mol. The van der Waals surface area contributed by atoms with Gasteiger partial charge in [0.25, 0.3) is 5.69 Å². The van der Waals surface area contributed by atoms with Crippen LogP contribution in [0.25, 0.3) is 0 Å². The van der Waals surface area contributed by atoms with Crippen molar-refractivity contribution in [2.24, 2.45) is 9.98 Å². The van der Waals surface area contributed by atoms with Crippen molar-refractivity contribution in [3.8, 4) is 0 Å². The molecule has 0 N–H and O–H groups in total. The fourth-order valence-corrected chi connectivity index (χ4v) is 1.85. The normalized spacial score (nSPS) is 13.3. The standard InChI is InChI=1S/C14H13N3O2/c1-10-3-4-13(11(2)14(10)17(18)19)16-9-12-5-7-15-8-6-12/h3-5,7-8H,6H2,1-2H3. The molecule has 1 aliphatic heterocycles. The average molecular weight is 255 g/mol. The van der Waals surface area contributed by atoms with Crippen molar-refractivity contribution in [1.82, 2.24) is 0 Å². The maximum atomic E-state index is 11.0. The molecule has 1 aliphatic rings. The van der Waals surface area contributed by atoms with Crippen LogP contribution in [0.15, 0.2) is 40.0 Å². The SMILES string of the molecule is Cc1ccc(N=C=C2C=CN=CC2)c(C)c1[N+](=O)[O-]. The smallest absolute Gasteiger partial charge is 0.269 e. The molecular formula is C14H13N3O2. The molecule has 0 spiro atoms. The lowest BCUT2D eigenvalue weighted by atomic mass is 10.1. The lowest BCUT2D eigenvalue weighted by molar-refractivity contribution is -0.386. The summed E-state index contributed by atoms with van der Waals surface area (Å²) in [5.74, 6) is 2.91. The van der Waals surface area contributed by atoms with Gasteiger partial charge in [0.15, 0.2) is 0 Å². The minimum Gasteiger partial charge on any atom is -0.269 e. The van der Waals surface area contributed by atoms with Gasteiger partial charge in [-0.15, -0.1) is 0 Å². The number of aliphatic imine (C=N–C) groups is 2. The summed E-state index contributed by atoms with van der Waals surface area (Å²) in [6.45, 7) is 3.42. The third kappa shape index (κ3) is 2.84. The van der Waals surface area contributed by atoms with Gasteiger partial charge >= 0.3 is 0 Å². The number of hydrogen-bond donors (Lipinski definition) is 0. The van der Waals surface area contributed by atoms with E-state index in [0.29, 0.717) is 23.2 Å². The van der Waals surface area contributed by atoms with E-state index in [4.69, 9.17) is 0 Å². The predicted octanol–water partition coefficient (Wildman–Crippen LogP) is 3.43. The third-order valence-electron chi connectivity index (χ3n) is 2.89. The highest BCUT2D eigenvalue weighted by atomic mass is 16.6. The van der Waals surface area contributed by atoms with Crippen molar-refractivity contribution in [3.05, 3.63) is 51.2 Å². The van der Waals surface area contributed by atoms with Gasteiger partial charge in [0.05, 0.1) is 16.2 Å². The van der Waals surface area contributed by atoms with E-state index >= 15 is 0 Å². The molecule has 0 radical (unpaired) electrons. The molecule has 2 rings (SSSR count). The van der Waals surface area contributed by atoms with Crippen LogP contribution >= 0.6 is 0 Å². The Morgan fingerprint density at radius 3 is 2.84 bits per heavy atom. The number of nitrogens with zero attached hydrogens (tertiary/aromatic N) is 3. The first-order chi connectivity index (χ1) is 9.09. The van der Waals surface area contributed by atoms with Crippen LogP contribution in [0.2, 0.25) is 0 Å². The minimum absolute atomic E-state index is 0.119. The van der Waals surface area contributed by atoms with Crippen LogP contribution < -0.4 is 0 Å². The molecule has 1 heterocycles. The Balaban J connectivity index is 2.45. The van der Waals surface area contributed by atoms with E-state index in [1.165, 1.54) is 0 Å². The molecular weight excluding hydrogens is 242 g/mol. The Kier molecular flexibility index (Phi) is 3.68. The third-order valence-corrected chi connectivity index (χ3v) is 2.89. The van der Waals surface area contributed by atoms with E-state index in [-0.39, 0.29) is 10.6 Å². The van der Waals surface area contributed by atoms with E-state index in [1.54, 1.807) is 38.4 Å². The molecule has 96 valence electrons. The second-order valence-corrected chi connectivity index (χ2v) is 4.23. The zero-order chi connectivity index (χ0) is 13.8. The minimum atomic E-state index is -0.371. The van der Waals surface area contributed by atoms with Gasteiger partial charge < -0.3 is 0 Å².